The van der Waals surface area contributed by atoms with E-state index in [1.165, 1.54) is 6.20 Å². The molecular formula is C16H14ClF3N4O3S. The van der Waals surface area contributed by atoms with E-state index in [1.54, 1.807) is 6.92 Å². The van der Waals surface area contributed by atoms with Crippen LogP contribution in [0.4, 0.5) is 24.7 Å². The number of anilines is 2. The van der Waals surface area contributed by atoms with Gasteiger partial charge in [-0.05, 0) is 25.1 Å². The lowest BCUT2D eigenvalue weighted by atomic mass is 10.2. The number of nitrogen functional groups attached to an aromatic ring is 1. The maximum Gasteiger partial charge on any atom is 0.416 e. The van der Waals surface area contributed by atoms with E-state index in [0.717, 1.165) is 30.0 Å². The number of nitrogens with zero attached hydrogens (tertiary/aromatic N) is 2. The Hall–Kier alpha value is -2.53. The van der Waals surface area contributed by atoms with Crippen LogP contribution in [0.5, 0.6) is 0 Å². The first-order valence-corrected chi connectivity index (χ1v) is 9.07. The van der Waals surface area contributed by atoms with Crippen molar-refractivity contribution in [1.82, 2.24) is 9.97 Å². The first-order chi connectivity index (χ1) is 13.1. The van der Waals surface area contributed by atoms with Gasteiger partial charge < -0.3 is 15.8 Å². The molecule has 0 fully saturated rings. The third-order valence-corrected chi connectivity index (χ3v) is 4.38. The SMILES string of the molecule is CCOC(=O)c1cnc(SCC(=O)Nc2cc(C(F)(F)F)ccc2Cl)nc1N. The topological polar surface area (TPSA) is 107 Å². The van der Waals surface area contributed by atoms with Gasteiger partial charge in [-0.1, -0.05) is 23.4 Å². The number of benzene rings is 1. The predicted octanol–water partition coefficient (Wildman–Crippen LogP) is 3.64. The van der Waals surface area contributed by atoms with E-state index >= 15 is 0 Å². The maximum atomic E-state index is 12.8. The highest BCUT2D eigenvalue weighted by atomic mass is 35.5. The lowest BCUT2D eigenvalue weighted by Crippen LogP contribution is -2.16. The average molecular weight is 435 g/mol. The van der Waals surface area contributed by atoms with Gasteiger partial charge in [-0.25, -0.2) is 14.8 Å². The number of nitrogens with one attached hydrogen (secondary N) is 1. The third kappa shape index (κ3) is 5.73. The fourth-order valence-corrected chi connectivity index (χ4v) is 2.71. The summed E-state index contributed by atoms with van der Waals surface area (Å²) in [5.74, 6) is -1.63. The molecule has 0 spiro atoms. The summed E-state index contributed by atoms with van der Waals surface area (Å²) in [6.07, 6.45) is -3.39. The van der Waals surface area contributed by atoms with Crippen molar-refractivity contribution in [3.8, 4) is 0 Å². The van der Waals surface area contributed by atoms with Gasteiger partial charge >= 0.3 is 12.1 Å². The van der Waals surface area contributed by atoms with Crippen LogP contribution >= 0.6 is 23.4 Å². The van der Waals surface area contributed by atoms with Crippen LogP contribution < -0.4 is 11.1 Å². The molecule has 2 rings (SSSR count). The van der Waals surface area contributed by atoms with Crippen molar-refractivity contribution in [3.63, 3.8) is 0 Å². The molecule has 0 bridgehead atoms. The summed E-state index contributed by atoms with van der Waals surface area (Å²) in [6, 6.07) is 2.60. The van der Waals surface area contributed by atoms with E-state index in [1.807, 2.05) is 0 Å². The fourth-order valence-electron chi connectivity index (χ4n) is 1.93. The number of ether oxygens (including phenoxy) is 1. The van der Waals surface area contributed by atoms with Crippen LogP contribution in [0.25, 0.3) is 0 Å². The molecule has 0 saturated heterocycles. The highest BCUT2D eigenvalue weighted by molar-refractivity contribution is 7.99. The van der Waals surface area contributed by atoms with Crippen LogP contribution in [0.1, 0.15) is 22.8 Å². The van der Waals surface area contributed by atoms with Crippen molar-refractivity contribution in [3.05, 3.63) is 40.5 Å². The third-order valence-electron chi connectivity index (χ3n) is 3.19. The molecule has 1 aromatic carbocycles. The van der Waals surface area contributed by atoms with Crippen LogP contribution in [0.2, 0.25) is 5.02 Å². The quantitative estimate of drug-likeness (QED) is 0.406. The number of alkyl halides is 3. The second-order valence-corrected chi connectivity index (χ2v) is 6.55. The van der Waals surface area contributed by atoms with Crippen LogP contribution in [0.3, 0.4) is 0 Å². The summed E-state index contributed by atoms with van der Waals surface area (Å²) in [5, 5.41) is 2.37. The zero-order valence-corrected chi connectivity index (χ0v) is 15.9. The molecule has 0 aliphatic carbocycles. The molecule has 0 radical (unpaired) electrons. The number of thioether (sulfide) groups is 1. The number of halogens is 4. The number of amides is 1. The minimum Gasteiger partial charge on any atom is -0.462 e. The first-order valence-electron chi connectivity index (χ1n) is 7.70. The van der Waals surface area contributed by atoms with Crippen molar-refractivity contribution in [2.75, 3.05) is 23.4 Å². The Labute approximate surface area is 166 Å². The van der Waals surface area contributed by atoms with Gasteiger partial charge in [0, 0.05) is 6.20 Å². The molecule has 150 valence electrons. The Balaban J connectivity index is 2.01. The standard InChI is InChI=1S/C16H14ClF3N4O3S/c1-2-27-14(26)9-6-22-15(24-13(9)21)28-7-12(25)23-11-5-8(16(18,19)20)3-4-10(11)17/h3-6H,2,7H2,1H3,(H,23,25)(H2,21,22,24). The van der Waals surface area contributed by atoms with Gasteiger partial charge in [0.05, 0.1) is 28.6 Å². The molecule has 3 N–H and O–H groups in total. The van der Waals surface area contributed by atoms with Crippen molar-refractivity contribution in [1.29, 1.82) is 0 Å². The summed E-state index contributed by atoms with van der Waals surface area (Å²) in [5.41, 5.74) is 4.56. The molecule has 0 aliphatic rings. The monoisotopic (exact) mass is 434 g/mol. The fraction of sp³-hybridized carbons (Fsp3) is 0.250. The molecule has 0 aliphatic heterocycles. The number of rotatable bonds is 6. The van der Waals surface area contributed by atoms with Crippen molar-refractivity contribution >= 4 is 46.7 Å². The first kappa shape index (κ1) is 21.8. The second-order valence-electron chi connectivity index (χ2n) is 5.20. The number of carbonyl (C=O) groups is 2. The summed E-state index contributed by atoms with van der Waals surface area (Å²) in [6.45, 7) is 1.79. The highest BCUT2D eigenvalue weighted by Crippen LogP contribution is 2.33. The molecule has 0 saturated carbocycles. The molecule has 2 aromatic rings. The Morgan fingerprint density at radius 2 is 2.07 bits per heavy atom. The second kappa shape index (κ2) is 9.11. The number of nitrogens with two attached hydrogens (primary N) is 1. The van der Waals surface area contributed by atoms with E-state index in [2.05, 4.69) is 15.3 Å². The van der Waals surface area contributed by atoms with E-state index in [-0.39, 0.29) is 39.6 Å². The molecule has 28 heavy (non-hydrogen) atoms. The number of aromatic nitrogens is 2. The van der Waals surface area contributed by atoms with Gasteiger partial charge in [0.1, 0.15) is 11.4 Å². The molecule has 12 heteroatoms. The predicted molar refractivity (Wildman–Crippen MR) is 98.2 cm³/mol. The number of esters is 1. The Kier molecular flexibility index (Phi) is 7.08. The Morgan fingerprint density at radius 1 is 1.36 bits per heavy atom. The molecule has 7 nitrogen and oxygen atoms in total. The zero-order chi connectivity index (χ0) is 20.9. The van der Waals surface area contributed by atoms with Crippen LogP contribution in [-0.4, -0.2) is 34.2 Å². The van der Waals surface area contributed by atoms with E-state index in [4.69, 9.17) is 22.1 Å². The minimum atomic E-state index is -4.56. The molecule has 1 amide bonds. The van der Waals surface area contributed by atoms with Gasteiger partial charge in [0.2, 0.25) is 5.91 Å². The Morgan fingerprint density at radius 3 is 2.68 bits per heavy atom. The van der Waals surface area contributed by atoms with Crippen molar-refractivity contribution in [2.45, 2.75) is 18.3 Å². The molecule has 1 aromatic heterocycles. The molecular weight excluding hydrogens is 421 g/mol. The Bertz CT molecular complexity index is 896. The lowest BCUT2D eigenvalue weighted by Gasteiger charge is -2.11. The summed E-state index contributed by atoms with van der Waals surface area (Å²) in [7, 11) is 0. The summed E-state index contributed by atoms with van der Waals surface area (Å²) in [4.78, 5) is 31.4. The van der Waals surface area contributed by atoms with Gasteiger partial charge in [0.15, 0.2) is 5.16 Å². The zero-order valence-electron chi connectivity index (χ0n) is 14.3. The van der Waals surface area contributed by atoms with Crippen molar-refractivity contribution < 1.29 is 27.5 Å². The number of hydrogen-bond acceptors (Lipinski definition) is 7. The van der Waals surface area contributed by atoms with E-state index in [0.29, 0.717) is 0 Å². The van der Waals surface area contributed by atoms with E-state index < -0.39 is 23.6 Å². The number of hydrogen-bond donors (Lipinski definition) is 2. The van der Waals surface area contributed by atoms with Crippen molar-refractivity contribution in [2.24, 2.45) is 0 Å². The van der Waals surface area contributed by atoms with Gasteiger partial charge in [-0.3, -0.25) is 4.79 Å². The largest absolute Gasteiger partial charge is 0.462 e. The maximum absolute atomic E-state index is 12.8. The molecule has 1 heterocycles. The summed E-state index contributed by atoms with van der Waals surface area (Å²) >= 11 is 6.71. The van der Waals surface area contributed by atoms with Gasteiger partial charge in [-0.15, -0.1) is 0 Å². The number of carbonyl (C=O) groups excluding carboxylic acids is 2. The smallest absolute Gasteiger partial charge is 0.416 e. The van der Waals surface area contributed by atoms with Crippen LogP contribution in [-0.2, 0) is 15.7 Å². The van der Waals surface area contributed by atoms with E-state index in [9.17, 15) is 22.8 Å². The summed E-state index contributed by atoms with van der Waals surface area (Å²) < 4.78 is 43.1. The lowest BCUT2D eigenvalue weighted by molar-refractivity contribution is -0.137. The molecule has 0 unspecified atom stereocenters. The highest BCUT2D eigenvalue weighted by Gasteiger charge is 2.31. The average Bonchev–Trinajstić information content (AvgIpc) is 2.61. The van der Waals surface area contributed by atoms with Gasteiger partial charge in [-0.2, -0.15) is 13.2 Å². The minimum absolute atomic E-state index is 0.00796. The van der Waals surface area contributed by atoms with Gasteiger partial charge in [0.25, 0.3) is 0 Å². The van der Waals surface area contributed by atoms with Crippen LogP contribution in [0, 0.1) is 0 Å². The molecule has 0 atom stereocenters. The van der Waals surface area contributed by atoms with Crippen LogP contribution in [0.15, 0.2) is 29.6 Å². The normalized spacial score (nSPS) is 11.2.